The van der Waals surface area contributed by atoms with E-state index in [1.54, 1.807) is 0 Å². The number of hydrogen-bond donors (Lipinski definition) is 0. The summed E-state index contributed by atoms with van der Waals surface area (Å²) in [6.07, 6.45) is 0. The first-order chi connectivity index (χ1) is 26.3. The molecule has 0 amide bonds. The van der Waals surface area contributed by atoms with E-state index >= 15 is 0 Å². The van der Waals surface area contributed by atoms with Gasteiger partial charge in [0.25, 0.3) is 0 Å². The Morgan fingerprint density at radius 1 is 0.264 bits per heavy atom. The average Bonchev–Trinajstić information content (AvgIpc) is 3.24. The third-order valence-electron chi connectivity index (χ3n) is 10.6. The molecule has 248 valence electrons. The minimum Gasteiger partial charge on any atom is -0.310 e. The molecule has 10 aromatic rings. The zero-order chi connectivity index (χ0) is 35.1. The fraction of sp³-hybridized carbons (Fsp3) is 0. The Hall–Kier alpha value is -6.96. The summed E-state index contributed by atoms with van der Waals surface area (Å²) in [6, 6.07) is 77.2. The molecule has 0 fully saturated rings. The Bertz CT molecular complexity index is 2930. The standard InChI is InChI=1S/C52H35N/c1-3-13-36(14-4-1)37-27-30-42(31-28-37)53(51-34-33-45(38-15-5-2-6-16-38)47-21-9-10-22-49(47)51)43-19-11-18-41(35-43)44-23-12-24-50-48(44)32-29-40-26-25-39-17-7-8-20-46(39)52(40)50/h1-35H. The number of anilines is 3. The molecule has 1 nitrogen and oxygen atoms in total. The van der Waals surface area contributed by atoms with Crippen molar-refractivity contribution in [2.24, 2.45) is 0 Å². The molecule has 0 unspecified atom stereocenters. The molecule has 0 bridgehead atoms. The maximum Gasteiger partial charge on any atom is 0.0540 e. The molecule has 10 rings (SSSR count). The molecule has 0 saturated heterocycles. The van der Waals surface area contributed by atoms with Gasteiger partial charge in [-0.1, -0.05) is 182 Å². The molecule has 10 aromatic carbocycles. The Morgan fingerprint density at radius 2 is 0.830 bits per heavy atom. The van der Waals surface area contributed by atoms with Crippen LogP contribution in [0.2, 0.25) is 0 Å². The van der Waals surface area contributed by atoms with Crippen molar-refractivity contribution in [3.63, 3.8) is 0 Å². The Morgan fingerprint density at radius 3 is 1.64 bits per heavy atom. The van der Waals surface area contributed by atoms with Gasteiger partial charge in [-0.25, -0.2) is 0 Å². The molecule has 0 N–H and O–H groups in total. The number of nitrogens with zero attached hydrogens (tertiary/aromatic N) is 1. The van der Waals surface area contributed by atoms with Crippen LogP contribution in [0.5, 0.6) is 0 Å². The van der Waals surface area contributed by atoms with Crippen LogP contribution >= 0.6 is 0 Å². The van der Waals surface area contributed by atoms with Crippen LogP contribution in [0, 0.1) is 0 Å². The van der Waals surface area contributed by atoms with E-state index in [0.29, 0.717) is 0 Å². The summed E-state index contributed by atoms with van der Waals surface area (Å²) >= 11 is 0. The van der Waals surface area contributed by atoms with Crippen LogP contribution in [-0.2, 0) is 0 Å². The highest BCUT2D eigenvalue weighted by molar-refractivity contribution is 6.22. The lowest BCUT2D eigenvalue weighted by molar-refractivity contribution is 1.30. The molecule has 0 aliphatic heterocycles. The first-order valence-electron chi connectivity index (χ1n) is 18.3. The topological polar surface area (TPSA) is 3.24 Å². The van der Waals surface area contributed by atoms with E-state index in [0.717, 1.165) is 17.1 Å². The van der Waals surface area contributed by atoms with E-state index < -0.39 is 0 Å². The highest BCUT2D eigenvalue weighted by Crippen LogP contribution is 2.44. The van der Waals surface area contributed by atoms with E-state index in [4.69, 9.17) is 0 Å². The Labute approximate surface area is 309 Å². The van der Waals surface area contributed by atoms with Crippen LogP contribution in [0.4, 0.5) is 17.1 Å². The second-order valence-electron chi connectivity index (χ2n) is 13.7. The van der Waals surface area contributed by atoms with Gasteiger partial charge in [0.15, 0.2) is 0 Å². The minimum absolute atomic E-state index is 1.11. The number of fused-ring (bicyclic) bond motifs is 6. The summed E-state index contributed by atoms with van der Waals surface area (Å²) in [5.74, 6) is 0. The minimum atomic E-state index is 1.11. The van der Waals surface area contributed by atoms with E-state index in [1.165, 1.54) is 76.5 Å². The third-order valence-corrected chi connectivity index (χ3v) is 10.6. The highest BCUT2D eigenvalue weighted by Gasteiger charge is 2.19. The van der Waals surface area contributed by atoms with Gasteiger partial charge in [-0.2, -0.15) is 0 Å². The van der Waals surface area contributed by atoms with Crippen LogP contribution in [0.25, 0.3) is 76.5 Å². The maximum absolute atomic E-state index is 2.42. The molecule has 0 atom stereocenters. The van der Waals surface area contributed by atoms with Gasteiger partial charge in [-0.15, -0.1) is 0 Å². The van der Waals surface area contributed by atoms with E-state index in [2.05, 4.69) is 217 Å². The van der Waals surface area contributed by atoms with Gasteiger partial charge in [-0.05, 0) is 101 Å². The first-order valence-corrected chi connectivity index (χ1v) is 18.3. The van der Waals surface area contributed by atoms with Gasteiger partial charge in [0.05, 0.1) is 5.69 Å². The smallest absolute Gasteiger partial charge is 0.0540 e. The van der Waals surface area contributed by atoms with Crippen LogP contribution in [-0.4, -0.2) is 0 Å². The van der Waals surface area contributed by atoms with Crippen LogP contribution in [0.3, 0.4) is 0 Å². The predicted molar refractivity (Wildman–Crippen MR) is 227 cm³/mol. The molecule has 0 aromatic heterocycles. The molecule has 0 saturated carbocycles. The second-order valence-corrected chi connectivity index (χ2v) is 13.7. The molecule has 53 heavy (non-hydrogen) atoms. The van der Waals surface area contributed by atoms with Crippen molar-refractivity contribution in [2.45, 2.75) is 0 Å². The quantitative estimate of drug-likeness (QED) is 0.159. The summed E-state index contributed by atoms with van der Waals surface area (Å²) in [7, 11) is 0. The lowest BCUT2D eigenvalue weighted by Crippen LogP contribution is -2.10. The average molecular weight is 674 g/mol. The van der Waals surface area contributed by atoms with Crippen molar-refractivity contribution in [3.05, 3.63) is 212 Å². The summed E-state index contributed by atoms with van der Waals surface area (Å²) < 4.78 is 0. The lowest BCUT2D eigenvalue weighted by atomic mass is 9.92. The van der Waals surface area contributed by atoms with Gasteiger partial charge in [-0.3, -0.25) is 0 Å². The second kappa shape index (κ2) is 13.0. The van der Waals surface area contributed by atoms with Crippen molar-refractivity contribution >= 4 is 60.2 Å². The fourth-order valence-corrected chi connectivity index (χ4v) is 8.14. The summed E-state index contributed by atoms with van der Waals surface area (Å²) in [5.41, 5.74) is 10.6. The molecule has 0 radical (unpaired) electrons. The van der Waals surface area contributed by atoms with Crippen molar-refractivity contribution < 1.29 is 0 Å². The first kappa shape index (κ1) is 30.8. The molecule has 1 heteroatoms. The fourth-order valence-electron chi connectivity index (χ4n) is 8.14. The van der Waals surface area contributed by atoms with Crippen molar-refractivity contribution in [1.29, 1.82) is 0 Å². The third kappa shape index (κ3) is 5.42. The van der Waals surface area contributed by atoms with Crippen molar-refractivity contribution in [1.82, 2.24) is 0 Å². The zero-order valence-electron chi connectivity index (χ0n) is 29.2. The molecule has 0 heterocycles. The van der Waals surface area contributed by atoms with Gasteiger partial charge in [0, 0.05) is 16.8 Å². The SMILES string of the molecule is c1ccc(-c2ccc(N(c3cccc(-c4cccc5c4ccc4ccc6ccccc6c45)c3)c3ccc(-c4ccccc4)c4ccccc34)cc2)cc1. The monoisotopic (exact) mass is 673 g/mol. The van der Waals surface area contributed by atoms with Gasteiger partial charge < -0.3 is 4.90 Å². The van der Waals surface area contributed by atoms with Gasteiger partial charge >= 0.3 is 0 Å². The van der Waals surface area contributed by atoms with Crippen LogP contribution in [0.1, 0.15) is 0 Å². The van der Waals surface area contributed by atoms with Crippen LogP contribution in [0.15, 0.2) is 212 Å². The van der Waals surface area contributed by atoms with Gasteiger partial charge in [0.2, 0.25) is 0 Å². The van der Waals surface area contributed by atoms with Crippen molar-refractivity contribution in [2.75, 3.05) is 4.90 Å². The van der Waals surface area contributed by atoms with Crippen molar-refractivity contribution in [3.8, 4) is 33.4 Å². The molecular formula is C52H35N. The molecular weight excluding hydrogens is 639 g/mol. The normalized spacial score (nSPS) is 11.4. The van der Waals surface area contributed by atoms with E-state index in [-0.39, 0.29) is 0 Å². The highest BCUT2D eigenvalue weighted by atomic mass is 15.1. The summed E-state index contributed by atoms with van der Waals surface area (Å²) in [4.78, 5) is 2.42. The molecule has 0 spiro atoms. The lowest BCUT2D eigenvalue weighted by Gasteiger charge is -2.28. The number of benzene rings is 10. The zero-order valence-corrected chi connectivity index (χ0v) is 29.2. The Kier molecular flexibility index (Phi) is 7.55. The molecule has 0 aliphatic rings. The molecule has 0 aliphatic carbocycles. The van der Waals surface area contributed by atoms with E-state index in [9.17, 15) is 0 Å². The number of rotatable bonds is 6. The number of hydrogen-bond acceptors (Lipinski definition) is 1. The largest absolute Gasteiger partial charge is 0.310 e. The summed E-state index contributed by atoms with van der Waals surface area (Å²) in [6.45, 7) is 0. The van der Waals surface area contributed by atoms with E-state index in [1.807, 2.05) is 0 Å². The Balaban J connectivity index is 1.17. The van der Waals surface area contributed by atoms with Crippen LogP contribution < -0.4 is 4.90 Å². The van der Waals surface area contributed by atoms with Gasteiger partial charge in [0.1, 0.15) is 0 Å². The predicted octanol–water partition coefficient (Wildman–Crippen LogP) is 14.8. The maximum atomic E-state index is 2.42. The summed E-state index contributed by atoms with van der Waals surface area (Å²) in [5, 5.41) is 10.1.